The lowest BCUT2D eigenvalue weighted by Crippen LogP contribution is -2.43. The van der Waals surface area contributed by atoms with Gasteiger partial charge >= 0.3 is 0 Å². The van der Waals surface area contributed by atoms with Gasteiger partial charge in [0, 0.05) is 23.9 Å². The normalized spacial score (nSPS) is 19.6. The number of pyridine rings is 1. The summed E-state index contributed by atoms with van der Waals surface area (Å²) < 4.78 is 0. The van der Waals surface area contributed by atoms with Crippen molar-refractivity contribution in [2.24, 2.45) is 5.92 Å². The smallest absolute Gasteiger partial charge is 0.0447 e. The zero-order valence-corrected chi connectivity index (χ0v) is 11.0. The van der Waals surface area contributed by atoms with Crippen LogP contribution in [0.15, 0.2) is 24.4 Å². The van der Waals surface area contributed by atoms with E-state index >= 15 is 0 Å². The second-order valence-electron chi connectivity index (χ2n) is 5.21. The summed E-state index contributed by atoms with van der Waals surface area (Å²) in [6.07, 6.45) is 7.29. The maximum Gasteiger partial charge on any atom is 0.0447 e. The van der Waals surface area contributed by atoms with Crippen LogP contribution in [0.4, 0.5) is 0 Å². The molecule has 0 aromatic carbocycles. The fourth-order valence-corrected chi connectivity index (χ4v) is 2.69. The molecule has 0 aliphatic heterocycles. The van der Waals surface area contributed by atoms with E-state index < -0.39 is 0 Å². The Bertz CT molecular complexity index is 319. The molecular weight excluding hydrogens is 208 g/mol. The molecule has 2 nitrogen and oxygen atoms in total. The van der Waals surface area contributed by atoms with Gasteiger partial charge in [0.25, 0.3) is 0 Å². The number of hydrogen-bond acceptors (Lipinski definition) is 2. The molecule has 0 saturated heterocycles. The minimum absolute atomic E-state index is 0.521. The molecule has 1 aromatic rings. The molecule has 1 heterocycles. The third-order valence-electron chi connectivity index (χ3n) is 3.98. The quantitative estimate of drug-likeness (QED) is 0.813. The van der Waals surface area contributed by atoms with Crippen LogP contribution in [-0.4, -0.2) is 17.6 Å². The summed E-state index contributed by atoms with van der Waals surface area (Å²) in [6, 6.07) is 6.85. The highest BCUT2D eigenvalue weighted by molar-refractivity contribution is 5.12. The third kappa shape index (κ3) is 3.06. The summed E-state index contributed by atoms with van der Waals surface area (Å²) >= 11 is 0. The molecule has 1 aliphatic rings. The van der Waals surface area contributed by atoms with Crippen molar-refractivity contribution in [2.45, 2.75) is 51.5 Å². The molecular formula is C15H24N2. The van der Waals surface area contributed by atoms with E-state index in [4.69, 9.17) is 0 Å². The number of rotatable bonds is 6. The molecule has 1 fully saturated rings. The Morgan fingerprint density at radius 2 is 2.24 bits per heavy atom. The number of aromatic nitrogens is 1. The van der Waals surface area contributed by atoms with Gasteiger partial charge in [-0.3, -0.25) is 4.98 Å². The highest BCUT2D eigenvalue weighted by atomic mass is 14.9. The van der Waals surface area contributed by atoms with Gasteiger partial charge in [0.2, 0.25) is 0 Å². The van der Waals surface area contributed by atoms with Crippen LogP contribution in [0.5, 0.6) is 0 Å². The molecule has 2 heteroatoms. The van der Waals surface area contributed by atoms with Crippen molar-refractivity contribution in [1.29, 1.82) is 0 Å². The first kappa shape index (κ1) is 12.6. The van der Waals surface area contributed by atoms with Gasteiger partial charge < -0.3 is 5.32 Å². The highest BCUT2D eigenvalue weighted by Gasteiger charge is 2.31. The Kier molecular flexibility index (Phi) is 4.55. The van der Waals surface area contributed by atoms with Crippen molar-refractivity contribution >= 4 is 0 Å². The van der Waals surface area contributed by atoms with Crippen LogP contribution >= 0.6 is 0 Å². The van der Waals surface area contributed by atoms with Gasteiger partial charge in [-0.1, -0.05) is 26.3 Å². The largest absolute Gasteiger partial charge is 0.313 e. The molecule has 0 spiro atoms. The molecule has 1 aliphatic carbocycles. The number of nitrogens with zero attached hydrogens (tertiary/aromatic N) is 1. The van der Waals surface area contributed by atoms with Crippen molar-refractivity contribution in [1.82, 2.24) is 10.3 Å². The standard InChI is InChI=1S/C15H24N2/c1-3-10-17-15(13-7-6-8-13)12(2)14-9-4-5-11-16-14/h4-5,9,11-13,15,17H,3,6-8,10H2,1-2H3. The first-order valence-corrected chi connectivity index (χ1v) is 6.97. The highest BCUT2D eigenvalue weighted by Crippen LogP contribution is 2.35. The van der Waals surface area contributed by atoms with Gasteiger partial charge in [0.1, 0.15) is 0 Å². The molecule has 0 bridgehead atoms. The van der Waals surface area contributed by atoms with Crippen molar-refractivity contribution in [3.63, 3.8) is 0 Å². The Labute approximate surface area is 105 Å². The molecule has 0 amide bonds. The monoisotopic (exact) mass is 232 g/mol. The summed E-state index contributed by atoms with van der Waals surface area (Å²) in [5.41, 5.74) is 1.23. The van der Waals surface area contributed by atoms with Gasteiger partial charge in [-0.25, -0.2) is 0 Å². The van der Waals surface area contributed by atoms with Crippen LogP contribution in [0.25, 0.3) is 0 Å². The van der Waals surface area contributed by atoms with Crippen LogP contribution in [0.2, 0.25) is 0 Å². The first-order chi connectivity index (χ1) is 8.33. The minimum atomic E-state index is 0.521. The minimum Gasteiger partial charge on any atom is -0.313 e. The molecule has 94 valence electrons. The van der Waals surface area contributed by atoms with Crippen molar-refractivity contribution in [3.05, 3.63) is 30.1 Å². The van der Waals surface area contributed by atoms with E-state index in [1.807, 2.05) is 12.3 Å². The fourth-order valence-electron chi connectivity index (χ4n) is 2.69. The van der Waals surface area contributed by atoms with E-state index in [2.05, 4.69) is 36.3 Å². The second-order valence-corrected chi connectivity index (χ2v) is 5.21. The summed E-state index contributed by atoms with van der Waals surface area (Å²) in [4.78, 5) is 4.51. The fraction of sp³-hybridized carbons (Fsp3) is 0.667. The lowest BCUT2D eigenvalue weighted by molar-refractivity contribution is 0.206. The van der Waals surface area contributed by atoms with Crippen LogP contribution in [0.3, 0.4) is 0 Å². The predicted octanol–water partition coefficient (Wildman–Crippen LogP) is 3.35. The van der Waals surface area contributed by atoms with Crippen LogP contribution in [0, 0.1) is 5.92 Å². The molecule has 2 rings (SSSR count). The van der Waals surface area contributed by atoms with E-state index in [0.29, 0.717) is 12.0 Å². The van der Waals surface area contributed by atoms with E-state index in [9.17, 15) is 0 Å². The molecule has 0 radical (unpaired) electrons. The molecule has 17 heavy (non-hydrogen) atoms. The molecule has 1 aromatic heterocycles. The van der Waals surface area contributed by atoms with Gasteiger partial charge in [-0.15, -0.1) is 0 Å². The van der Waals surface area contributed by atoms with Crippen LogP contribution in [-0.2, 0) is 0 Å². The lowest BCUT2D eigenvalue weighted by Gasteiger charge is -2.38. The summed E-state index contributed by atoms with van der Waals surface area (Å²) in [6.45, 7) is 5.67. The zero-order chi connectivity index (χ0) is 12.1. The zero-order valence-electron chi connectivity index (χ0n) is 11.0. The summed E-state index contributed by atoms with van der Waals surface area (Å²) in [5, 5.41) is 3.73. The molecule has 2 atom stereocenters. The van der Waals surface area contributed by atoms with Crippen molar-refractivity contribution in [3.8, 4) is 0 Å². The molecule has 1 saturated carbocycles. The maximum absolute atomic E-state index is 4.51. The van der Waals surface area contributed by atoms with Gasteiger partial charge in [-0.05, 0) is 43.9 Å². The first-order valence-electron chi connectivity index (χ1n) is 6.97. The molecule has 2 unspecified atom stereocenters. The lowest BCUT2D eigenvalue weighted by atomic mass is 9.74. The van der Waals surface area contributed by atoms with Crippen LogP contribution < -0.4 is 5.32 Å². The molecule has 1 N–H and O–H groups in total. The average Bonchev–Trinajstić information content (AvgIpc) is 2.32. The SMILES string of the molecule is CCCNC(C1CCC1)C(C)c1ccccn1. The van der Waals surface area contributed by atoms with Gasteiger partial charge in [-0.2, -0.15) is 0 Å². The Morgan fingerprint density at radius 3 is 2.76 bits per heavy atom. The topological polar surface area (TPSA) is 24.9 Å². The number of hydrogen-bond donors (Lipinski definition) is 1. The van der Waals surface area contributed by atoms with Crippen molar-refractivity contribution < 1.29 is 0 Å². The average molecular weight is 232 g/mol. The van der Waals surface area contributed by atoms with E-state index in [-0.39, 0.29) is 0 Å². The van der Waals surface area contributed by atoms with E-state index in [1.54, 1.807) is 0 Å². The summed E-state index contributed by atoms with van der Waals surface area (Å²) in [7, 11) is 0. The third-order valence-corrected chi connectivity index (χ3v) is 3.98. The van der Waals surface area contributed by atoms with Crippen molar-refractivity contribution in [2.75, 3.05) is 6.54 Å². The maximum atomic E-state index is 4.51. The Balaban J connectivity index is 2.03. The predicted molar refractivity (Wildman–Crippen MR) is 72.1 cm³/mol. The van der Waals surface area contributed by atoms with Gasteiger partial charge in [0.05, 0.1) is 0 Å². The Hall–Kier alpha value is -0.890. The van der Waals surface area contributed by atoms with Crippen LogP contribution in [0.1, 0.15) is 51.1 Å². The number of nitrogens with one attached hydrogen (secondary N) is 1. The second kappa shape index (κ2) is 6.15. The summed E-state index contributed by atoms with van der Waals surface area (Å²) in [5.74, 6) is 1.38. The van der Waals surface area contributed by atoms with Gasteiger partial charge in [0.15, 0.2) is 0 Å². The Morgan fingerprint density at radius 1 is 1.41 bits per heavy atom. The van der Waals surface area contributed by atoms with E-state index in [0.717, 1.165) is 12.5 Å². The van der Waals surface area contributed by atoms with E-state index in [1.165, 1.54) is 31.4 Å².